The van der Waals surface area contributed by atoms with E-state index in [0.29, 0.717) is 35.2 Å². The van der Waals surface area contributed by atoms with E-state index in [0.717, 1.165) is 19.3 Å². The molecular formula is C40H53ClO3. The van der Waals surface area contributed by atoms with Crippen molar-refractivity contribution in [3.05, 3.63) is 65.8 Å². The summed E-state index contributed by atoms with van der Waals surface area (Å²) in [6, 6.07) is 8.05. The van der Waals surface area contributed by atoms with Crippen LogP contribution in [0.15, 0.2) is 54.6 Å². The highest BCUT2D eigenvalue weighted by Crippen LogP contribution is 2.77. The molecule has 6 rings (SSSR count). The summed E-state index contributed by atoms with van der Waals surface area (Å²) in [5, 5.41) is -0.348. The summed E-state index contributed by atoms with van der Waals surface area (Å²) in [5.41, 5.74) is 5.45. The maximum absolute atomic E-state index is 12.1. The molecule has 0 unspecified atom stereocenters. The molecule has 0 heterocycles. The normalized spacial score (nSPS) is 42.4. The minimum atomic E-state index is -0.348. The second-order valence-electron chi connectivity index (χ2n) is 16.7. The van der Waals surface area contributed by atoms with Crippen molar-refractivity contribution in [3.63, 3.8) is 0 Å². The number of fused-ring (bicyclic) bond motifs is 7. The molecule has 0 spiro atoms. The Labute approximate surface area is 270 Å². The molecule has 0 amide bonds. The van der Waals surface area contributed by atoms with Crippen molar-refractivity contribution in [1.82, 2.24) is 0 Å². The van der Waals surface area contributed by atoms with E-state index < -0.39 is 0 Å². The number of hydrogen-bond acceptors (Lipinski definition) is 3. The SMILES string of the molecule is C=C(C)[C@@H]1CC[C@]2(/C=C/C(=O)Cl)CC[C@]3(C)[C@H](CC[C@@H]4[C@@]5(C)CC=C(c6ccc(C(=O)OC)cc6)C(C)(C)[C@@H]5CC[C@]43C)[C@@H]12. The average molecular weight is 617 g/mol. The number of allylic oxidation sites excluding steroid dienone is 5. The Morgan fingerprint density at radius 2 is 1.61 bits per heavy atom. The monoisotopic (exact) mass is 616 g/mol. The molecule has 238 valence electrons. The van der Waals surface area contributed by atoms with Crippen molar-refractivity contribution in [1.29, 1.82) is 0 Å². The Kier molecular flexibility index (Phi) is 7.75. The maximum Gasteiger partial charge on any atom is 0.337 e. The fourth-order valence-electron chi connectivity index (χ4n) is 12.7. The highest BCUT2D eigenvalue weighted by molar-refractivity contribution is 6.66. The van der Waals surface area contributed by atoms with Crippen LogP contribution in [-0.4, -0.2) is 18.3 Å². The van der Waals surface area contributed by atoms with Crippen LogP contribution < -0.4 is 0 Å². The van der Waals surface area contributed by atoms with Crippen molar-refractivity contribution in [2.75, 3.05) is 7.11 Å². The first-order valence-electron chi connectivity index (χ1n) is 17.1. The van der Waals surface area contributed by atoms with Gasteiger partial charge in [0, 0.05) is 0 Å². The number of rotatable bonds is 5. The van der Waals surface area contributed by atoms with E-state index in [-0.39, 0.29) is 38.3 Å². The summed E-state index contributed by atoms with van der Waals surface area (Å²) >= 11 is 5.87. The summed E-state index contributed by atoms with van der Waals surface area (Å²) in [4.78, 5) is 24.0. The van der Waals surface area contributed by atoms with E-state index in [9.17, 15) is 9.59 Å². The number of carbonyl (C=O) groups excluding carboxylic acids is 2. The van der Waals surface area contributed by atoms with Crippen LogP contribution in [0.1, 0.15) is 115 Å². The lowest BCUT2D eigenvalue weighted by molar-refractivity contribution is -0.221. The number of carbonyl (C=O) groups is 2. The third-order valence-corrected chi connectivity index (χ3v) is 15.0. The predicted octanol–water partition coefficient (Wildman–Crippen LogP) is 10.4. The highest BCUT2D eigenvalue weighted by Gasteiger charge is 2.70. The topological polar surface area (TPSA) is 43.4 Å². The summed E-state index contributed by atoms with van der Waals surface area (Å²) in [5.74, 6) is 2.68. The molecule has 1 aromatic rings. The van der Waals surface area contributed by atoms with Crippen LogP contribution in [0.5, 0.6) is 0 Å². The molecule has 0 saturated heterocycles. The fourth-order valence-corrected chi connectivity index (χ4v) is 12.8. The molecular weight excluding hydrogens is 564 g/mol. The van der Waals surface area contributed by atoms with Crippen LogP contribution in [0.4, 0.5) is 0 Å². The molecule has 0 N–H and O–H groups in total. The van der Waals surface area contributed by atoms with E-state index in [1.54, 1.807) is 6.08 Å². The zero-order valence-corrected chi connectivity index (χ0v) is 28.9. The molecule has 0 aromatic heterocycles. The van der Waals surface area contributed by atoms with E-state index in [2.05, 4.69) is 72.4 Å². The molecule has 4 heteroatoms. The average Bonchev–Trinajstić information content (AvgIpc) is 3.36. The number of methoxy groups -OCH3 is 1. The van der Waals surface area contributed by atoms with Crippen molar-refractivity contribution >= 4 is 28.4 Å². The predicted molar refractivity (Wildman–Crippen MR) is 180 cm³/mol. The van der Waals surface area contributed by atoms with Crippen LogP contribution >= 0.6 is 11.6 Å². The van der Waals surface area contributed by atoms with Gasteiger partial charge in [-0.2, -0.15) is 0 Å². The number of benzene rings is 1. The van der Waals surface area contributed by atoms with Gasteiger partial charge in [0.25, 0.3) is 0 Å². The molecule has 0 aliphatic heterocycles. The third-order valence-electron chi connectivity index (χ3n) is 14.9. The Hall–Kier alpha value is -2.13. The van der Waals surface area contributed by atoms with Crippen molar-refractivity contribution < 1.29 is 14.3 Å². The largest absolute Gasteiger partial charge is 0.465 e. The summed E-state index contributed by atoms with van der Waals surface area (Å²) in [6.07, 6.45) is 17.3. The van der Waals surface area contributed by atoms with E-state index in [4.69, 9.17) is 16.3 Å². The molecule has 44 heavy (non-hydrogen) atoms. The second-order valence-corrected chi connectivity index (χ2v) is 17.0. The van der Waals surface area contributed by atoms with E-state index >= 15 is 0 Å². The smallest absolute Gasteiger partial charge is 0.337 e. The van der Waals surface area contributed by atoms with Crippen LogP contribution in [0.3, 0.4) is 0 Å². The first kappa shape index (κ1) is 31.8. The summed E-state index contributed by atoms with van der Waals surface area (Å²) in [7, 11) is 1.44. The zero-order chi connectivity index (χ0) is 31.9. The second kappa shape index (κ2) is 10.7. The van der Waals surface area contributed by atoms with Crippen molar-refractivity contribution in [2.45, 2.75) is 99.3 Å². The molecule has 5 aliphatic carbocycles. The lowest BCUT2D eigenvalue weighted by Gasteiger charge is -2.72. The first-order valence-corrected chi connectivity index (χ1v) is 17.5. The summed E-state index contributed by atoms with van der Waals surface area (Å²) < 4.78 is 4.94. The molecule has 0 radical (unpaired) electrons. The molecule has 4 fully saturated rings. The lowest BCUT2D eigenvalue weighted by atomic mass is 9.32. The van der Waals surface area contributed by atoms with Gasteiger partial charge >= 0.3 is 5.97 Å². The van der Waals surface area contributed by atoms with Gasteiger partial charge in [0.2, 0.25) is 5.24 Å². The van der Waals surface area contributed by atoms with Crippen molar-refractivity contribution in [2.24, 2.45) is 56.7 Å². The molecule has 1 aromatic carbocycles. The Bertz CT molecular complexity index is 1420. The van der Waals surface area contributed by atoms with Gasteiger partial charge in [-0.05, 0) is 162 Å². The Balaban J connectivity index is 1.35. The van der Waals surface area contributed by atoms with Gasteiger partial charge in [0.05, 0.1) is 12.7 Å². The summed E-state index contributed by atoms with van der Waals surface area (Å²) in [6.45, 7) is 19.7. The number of ether oxygens (including phenoxy) is 1. The molecule has 3 nitrogen and oxygen atoms in total. The van der Waals surface area contributed by atoms with Gasteiger partial charge in [-0.15, -0.1) is 0 Å². The lowest BCUT2D eigenvalue weighted by Crippen LogP contribution is -2.65. The van der Waals surface area contributed by atoms with Gasteiger partial charge in [-0.25, -0.2) is 4.79 Å². The molecule has 9 atom stereocenters. The van der Waals surface area contributed by atoms with Crippen LogP contribution in [-0.2, 0) is 9.53 Å². The number of halogens is 1. The van der Waals surface area contributed by atoms with Crippen LogP contribution in [0.25, 0.3) is 5.57 Å². The first-order chi connectivity index (χ1) is 20.6. The molecule has 5 aliphatic rings. The standard InChI is InChI=1S/C40H53ClO3/c1-25(2)28-15-21-40(22-18-33(41)42)24-23-38(6)30(34(28)40)13-14-32-37(5)19-16-29(26-9-11-27(12-10-26)35(43)44-8)36(3,4)31(37)17-20-39(32,38)7/h9-12,16,18,22,28,30-32,34H,1,13-15,17,19-21,23-24H2,2-8H3/b22-18+/t28-,30+,31-,32+,34+,37-,38+,39+,40-/m0/s1. The Morgan fingerprint density at radius 1 is 0.909 bits per heavy atom. The van der Waals surface area contributed by atoms with Crippen LogP contribution in [0.2, 0.25) is 0 Å². The van der Waals surface area contributed by atoms with Crippen LogP contribution in [0, 0.1) is 56.7 Å². The molecule has 0 bridgehead atoms. The van der Waals surface area contributed by atoms with Gasteiger partial charge in [-0.1, -0.05) is 71.1 Å². The van der Waals surface area contributed by atoms with Gasteiger partial charge in [0.1, 0.15) is 0 Å². The molecule has 4 saturated carbocycles. The van der Waals surface area contributed by atoms with Crippen molar-refractivity contribution in [3.8, 4) is 0 Å². The Morgan fingerprint density at radius 3 is 2.25 bits per heavy atom. The maximum atomic E-state index is 12.1. The highest BCUT2D eigenvalue weighted by atomic mass is 35.5. The third kappa shape index (κ3) is 4.41. The van der Waals surface area contributed by atoms with Gasteiger partial charge in [0.15, 0.2) is 0 Å². The zero-order valence-electron chi connectivity index (χ0n) is 28.1. The van der Waals surface area contributed by atoms with Gasteiger partial charge < -0.3 is 4.74 Å². The minimum absolute atomic E-state index is 0.0377. The quantitative estimate of drug-likeness (QED) is 0.143. The number of esters is 1. The number of hydrogen-bond donors (Lipinski definition) is 0. The van der Waals surface area contributed by atoms with E-state index in [1.807, 2.05) is 12.1 Å². The van der Waals surface area contributed by atoms with Gasteiger partial charge in [-0.3, -0.25) is 4.79 Å². The minimum Gasteiger partial charge on any atom is -0.465 e. The van der Waals surface area contributed by atoms with E-state index in [1.165, 1.54) is 62.3 Å². The fraction of sp³-hybridized carbons (Fsp3) is 0.650.